The van der Waals surface area contributed by atoms with Gasteiger partial charge in [-0.25, -0.2) is 0 Å². The van der Waals surface area contributed by atoms with Crippen molar-refractivity contribution in [3.05, 3.63) is 0 Å². The predicted octanol–water partition coefficient (Wildman–Crippen LogP) is 0.230. The largest absolute Gasteiger partial charge is 0.318 e. The number of nitrogens with zero attached hydrogens (tertiary/aromatic N) is 2. The number of likely N-dealkylation sites (N-methyl/N-ethyl adjacent to an activating group) is 2. The van der Waals surface area contributed by atoms with Crippen LogP contribution < -0.4 is 5.32 Å². The SMILES string of the molecule is CNCC(C)N1CCC(N(C)C)C1. The minimum atomic E-state index is 0.676. The Hall–Kier alpha value is -0.120. The van der Waals surface area contributed by atoms with E-state index in [9.17, 15) is 0 Å². The lowest BCUT2D eigenvalue weighted by molar-refractivity contribution is 0.224. The molecule has 3 heteroatoms. The van der Waals surface area contributed by atoms with Crippen LogP contribution in [0.3, 0.4) is 0 Å². The van der Waals surface area contributed by atoms with E-state index in [1.54, 1.807) is 0 Å². The lowest BCUT2D eigenvalue weighted by atomic mass is 10.2. The van der Waals surface area contributed by atoms with Crippen LogP contribution in [0.1, 0.15) is 13.3 Å². The van der Waals surface area contributed by atoms with Gasteiger partial charge in [0.1, 0.15) is 0 Å². The third-order valence-electron chi connectivity index (χ3n) is 3.05. The average Bonchev–Trinajstić information content (AvgIpc) is 2.52. The van der Waals surface area contributed by atoms with Crippen molar-refractivity contribution in [3.8, 4) is 0 Å². The van der Waals surface area contributed by atoms with Crippen molar-refractivity contribution < 1.29 is 0 Å². The smallest absolute Gasteiger partial charge is 0.0229 e. The van der Waals surface area contributed by atoms with E-state index < -0.39 is 0 Å². The predicted molar refractivity (Wildman–Crippen MR) is 57.1 cm³/mol. The van der Waals surface area contributed by atoms with Gasteiger partial charge in [-0.1, -0.05) is 0 Å². The minimum absolute atomic E-state index is 0.676. The molecular formula is C10H23N3. The summed E-state index contributed by atoms with van der Waals surface area (Å²) >= 11 is 0. The quantitative estimate of drug-likeness (QED) is 0.676. The average molecular weight is 185 g/mol. The van der Waals surface area contributed by atoms with Crippen LogP contribution in [0.2, 0.25) is 0 Å². The van der Waals surface area contributed by atoms with Crippen molar-refractivity contribution >= 4 is 0 Å². The molecule has 1 N–H and O–H groups in total. The molecule has 1 saturated heterocycles. The zero-order valence-electron chi connectivity index (χ0n) is 9.38. The molecule has 1 aliphatic heterocycles. The fraction of sp³-hybridized carbons (Fsp3) is 1.00. The molecule has 1 heterocycles. The number of hydrogen-bond donors (Lipinski definition) is 1. The first-order valence-corrected chi connectivity index (χ1v) is 5.20. The highest BCUT2D eigenvalue weighted by atomic mass is 15.2. The highest BCUT2D eigenvalue weighted by Gasteiger charge is 2.26. The summed E-state index contributed by atoms with van der Waals surface area (Å²) in [6, 6.07) is 1.44. The second kappa shape index (κ2) is 4.94. The molecule has 2 unspecified atom stereocenters. The lowest BCUT2D eigenvalue weighted by Crippen LogP contribution is -2.40. The highest BCUT2D eigenvalue weighted by molar-refractivity contribution is 4.84. The Kier molecular flexibility index (Phi) is 4.16. The lowest BCUT2D eigenvalue weighted by Gasteiger charge is -2.25. The van der Waals surface area contributed by atoms with E-state index in [2.05, 4.69) is 36.1 Å². The zero-order chi connectivity index (χ0) is 9.84. The monoisotopic (exact) mass is 185 g/mol. The summed E-state index contributed by atoms with van der Waals surface area (Å²) in [6.07, 6.45) is 1.32. The van der Waals surface area contributed by atoms with E-state index in [1.807, 2.05) is 7.05 Å². The normalized spacial score (nSPS) is 27.0. The van der Waals surface area contributed by atoms with Crippen LogP contribution in [-0.4, -0.2) is 62.7 Å². The van der Waals surface area contributed by atoms with E-state index in [-0.39, 0.29) is 0 Å². The third-order valence-corrected chi connectivity index (χ3v) is 3.05. The Labute approximate surface area is 82.1 Å². The highest BCUT2D eigenvalue weighted by Crippen LogP contribution is 2.15. The molecule has 2 atom stereocenters. The van der Waals surface area contributed by atoms with Crippen LogP contribution in [0.5, 0.6) is 0 Å². The van der Waals surface area contributed by atoms with Gasteiger partial charge < -0.3 is 10.2 Å². The fourth-order valence-corrected chi connectivity index (χ4v) is 2.01. The summed E-state index contributed by atoms with van der Waals surface area (Å²) in [5, 5.41) is 3.23. The van der Waals surface area contributed by atoms with Crippen LogP contribution in [0, 0.1) is 0 Å². The van der Waals surface area contributed by atoms with Crippen LogP contribution in [0.4, 0.5) is 0 Å². The standard InChI is InChI=1S/C10H23N3/c1-9(7-11-2)13-6-5-10(8-13)12(3)4/h9-11H,5-8H2,1-4H3. The van der Waals surface area contributed by atoms with Gasteiger partial charge in [-0.2, -0.15) is 0 Å². The second-order valence-electron chi connectivity index (χ2n) is 4.31. The van der Waals surface area contributed by atoms with Crippen LogP contribution >= 0.6 is 0 Å². The van der Waals surface area contributed by atoms with Crippen LogP contribution in [0.15, 0.2) is 0 Å². The Morgan fingerprint density at radius 2 is 2.23 bits per heavy atom. The van der Waals surface area contributed by atoms with Crippen molar-refractivity contribution in [2.45, 2.75) is 25.4 Å². The number of hydrogen-bond acceptors (Lipinski definition) is 3. The van der Waals surface area contributed by atoms with E-state index in [4.69, 9.17) is 0 Å². The molecule has 1 fully saturated rings. The maximum atomic E-state index is 3.23. The Morgan fingerprint density at radius 3 is 2.69 bits per heavy atom. The molecule has 1 aliphatic rings. The molecule has 0 saturated carbocycles. The second-order valence-corrected chi connectivity index (χ2v) is 4.31. The van der Waals surface area contributed by atoms with Crippen LogP contribution in [-0.2, 0) is 0 Å². The maximum Gasteiger partial charge on any atom is 0.0229 e. The van der Waals surface area contributed by atoms with Gasteiger partial charge in [0.15, 0.2) is 0 Å². The topological polar surface area (TPSA) is 18.5 Å². The van der Waals surface area contributed by atoms with Crippen molar-refractivity contribution in [3.63, 3.8) is 0 Å². The zero-order valence-corrected chi connectivity index (χ0v) is 9.38. The summed E-state index contributed by atoms with van der Waals surface area (Å²) in [7, 11) is 6.38. The summed E-state index contributed by atoms with van der Waals surface area (Å²) in [5.41, 5.74) is 0. The van der Waals surface area contributed by atoms with Gasteiger partial charge >= 0.3 is 0 Å². The molecule has 0 aromatic rings. The molecule has 0 aromatic carbocycles. The molecule has 0 bridgehead atoms. The molecular weight excluding hydrogens is 162 g/mol. The van der Waals surface area contributed by atoms with Gasteiger partial charge in [0.05, 0.1) is 0 Å². The van der Waals surface area contributed by atoms with Gasteiger partial charge in [0.2, 0.25) is 0 Å². The Balaban J connectivity index is 2.31. The molecule has 0 radical (unpaired) electrons. The van der Waals surface area contributed by atoms with E-state index in [0.29, 0.717) is 6.04 Å². The molecule has 0 amide bonds. The molecule has 0 aliphatic carbocycles. The molecule has 1 rings (SSSR count). The third kappa shape index (κ3) is 2.93. The van der Waals surface area contributed by atoms with Crippen molar-refractivity contribution in [2.75, 3.05) is 40.8 Å². The molecule has 0 spiro atoms. The van der Waals surface area contributed by atoms with Gasteiger partial charge in [0.25, 0.3) is 0 Å². The van der Waals surface area contributed by atoms with Crippen molar-refractivity contribution in [1.29, 1.82) is 0 Å². The first kappa shape index (κ1) is 11.0. The van der Waals surface area contributed by atoms with Gasteiger partial charge in [-0.05, 0) is 34.5 Å². The van der Waals surface area contributed by atoms with Crippen LogP contribution in [0.25, 0.3) is 0 Å². The van der Waals surface area contributed by atoms with Gasteiger partial charge in [-0.3, -0.25) is 4.90 Å². The first-order chi connectivity index (χ1) is 6.15. The maximum absolute atomic E-state index is 3.23. The fourth-order valence-electron chi connectivity index (χ4n) is 2.01. The molecule has 13 heavy (non-hydrogen) atoms. The van der Waals surface area contributed by atoms with E-state index in [0.717, 1.165) is 12.6 Å². The summed E-state index contributed by atoms with van der Waals surface area (Å²) in [4.78, 5) is 4.91. The molecule has 3 nitrogen and oxygen atoms in total. The van der Waals surface area contributed by atoms with E-state index >= 15 is 0 Å². The Bertz CT molecular complexity index is 147. The van der Waals surface area contributed by atoms with Crippen molar-refractivity contribution in [2.24, 2.45) is 0 Å². The van der Waals surface area contributed by atoms with E-state index in [1.165, 1.54) is 19.5 Å². The summed E-state index contributed by atoms with van der Waals surface area (Å²) in [5.74, 6) is 0. The molecule has 78 valence electrons. The van der Waals surface area contributed by atoms with Crippen molar-refractivity contribution in [1.82, 2.24) is 15.1 Å². The number of nitrogens with one attached hydrogen (secondary N) is 1. The minimum Gasteiger partial charge on any atom is -0.318 e. The molecule has 0 aromatic heterocycles. The summed E-state index contributed by atoms with van der Waals surface area (Å²) in [6.45, 7) is 5.89. The summed E-state index contributed by atoms with van der Waals surface area (Å²) < 4.78 is 0. The Morgan fingerprint density at radius 1 is 1.54 bits per heavy atom. The van der Waals surface area contributed by atoms with Gasteiger partial charge in [0, 0.05) is 31.7 Å². The number of likely N-dealkylation sites (tertiary alicyclic amines) is 1. The first-order valence-electron chi connectivity index (χ1n) is 5.20. The number of rotatable bonds is 4. The van der Waals surface area contributed by atoms with Gasteiger partial charge in [-0.15, -0.1) is 0 Å².